The van der Waals surface area contributed by atoms with Crippen LogP contribution in [0.2, 0.25) is 10.0 Å². The fourth-order valence-electron chi connectivity index (χ4n) is 1.69. The molecular weight excluding hydrogens is 269 g/mol. The van der Waals surface area contributed by atoms with Gasteiger partial charge in [-0.1, -0.05) is 47.5 Å². The summed E-state index contributed by atoms with van der Waals surface area (Å²) in [6.07, 6.45) is 0. The van der Waals surface area contributed by atoms with Crippen molar-refractivity contribution in [3.05, 3.63) is 63.6 Å². The van der Waals surface area contributed by atoms with E-state index in [1.165, 1.54) is 0 Å². The molecule has 0 amide bonds. The summed E-state index contributed by atoms with van der Waals surface area (Å²) >= 11 is 11.8. The van der Waals surface area contributed by atoms with Gasteiger partial charge in [0.15, 0.2) is 0 Å². The van der Waals surface area contributed by atoms with Crippen molar-refractivity contribution in [1.29, 1.82) is 0 Å². The fraction of sp³-hybridized carbons (Fsp3) is 0.143. The molecule has 18 heavy (non-hydrogen) atoms. The number of aliphatic hydroxyl groups is 1. The third kappa shape index (κ3) is 3.16. The summed E-state index contributed by atoms with van der Waals surface area (Å²) in [5.41, 5.74) is 2.88. The molecule has 0 aliphatic heterocycles. The molecule has 0 saturated heterocycles. The van der Waals surface area contributed by atoms with Crippen molar-refractivity contribution in [2.24, 2.45) is 0 Å². The highest BCUT2D eigenvalue weighted by Crippen LogP contribution is 2.25. The maximum Gasteiger partial charge on any atom is 0.0685 e. The van der Waals surface area contributed by atoms with Crippen LogP contribution in [0.25, 0.3) is 0 Å². The highest BCUT2D eigenvalue weighted by atomic mass is 35.5. The van der Waals surface area contributed by atoms with Gasteiger partial charge in [0.05, 0.1) is 16.7 Å². The van der Waals surface area contributed by atoms with Gasteiger partial charge in [0, 0.05) is 12.2 Å². The highest BCUT2D eigenvalue weighted by Gasteiger charge is 2.02. The third-order valence-electron chi connectivity index (χ3n) is 2.69. The van der Waals surface area contributed by atoms with Crippen LogP contribution in [0.4, 0.5) is 5.69 Å². The Kier molecular flexibility index (Phi) is 4.48. The molecule has 2 rings (SSSR count). The van der Waals surface area contributed by atoms with Gasteiger partial charge in [0.25, 0.3) is 0 Å². The lowest BCUT2D eigenvalue weighted by molar-refractivity contribution is 0.280. The molecule has 0 spiro atoms. The van der Waals surface area contributed by atoms with Gasteiger partial charge in [-0.2, -0.15) is 0 Å². The molecule has 2 N–H and O–H groups in total. The first-order valence-corrected chi connectivity index (χ1v) is 6.33. The zero-order valence-electron chi connectivity index (χ0n) is 9.66. The van der Waals surface area contributed by atoms with E-state index in [0.717, 1.165) is 16.8 Å². The van der Waals surface area contributed by atoms with Crippen LogP contribution >= 0.6 is 23.2 Å². The number of aliphatic hydroxyl groups excluding tert-OH is 1. The summed E-state index contributed by atoms with van der Waals surface area (Å²) in [7, 11) is 0. The van der Waals surface area contributed by atoms with Gasteiger partial charge in [0.2, 0.25) is 0 Å². The second-order valence-corrected chi connectivity index (χ2v) is 4.72. The number of hydrogen-bond acceptors (Lipinski definition) is 2. The van der Waals surface area contributed by atoms with Crippen molar-refractivity contribution in [3.63, 3.8) is 0 Å². The van der Waals surface area contributed by atoms with E-state index >= 15 is 0 Å². The van der Waals surface area contributed by atoms with Crippen LogP contribution in [0.5, 0.6) is 0 Å². The summed E-state index contributed by atoms with van der Waals surface area (Å²) < 4.78 is 0. The van der Waals surface area contributed by atoms with Crippen LogP contribution in [-0.2, 0) is 13.2 Å². The standard InChI is InChI=1S/C14H13Cl2NO/c15-13-6-5-12(7-14(13)16)17-8-10-3-1-2-4-11(10)9-18/h1-7,17-18H,8-9H2. The minimum absolute atomic E-state index is 0.0409. The SMILES string of the molecule is OCc1ccccc1CNc1ccc(Cl)c(Cl)c1. The molecule has 0 heterocycles. The Labute approximate surface area is 116 Å². The number of halogens is 2. The second kappa shape index (κ2) is 6.10. The normalized spacial score (nSPS) is 10.4. The molecule has 0 aliphatic rings. The third-order valence-corrected chi connectivity index (χ3v) is 3.43. The first-order chi connectivity index (χ1) is 8.70. The number of anilines is 1. The summed E-state index contributed by atoms with van der Waals surface area (Å²) in [6, 6.07) is 13.2. The molecule has 0 fully saturated rings. The van der Waals surface area contributed by atoms with Gasteiger partial charge in [-0.3, -0.25) is 0 Å². The van der Waals surface area contributed by atoms with E-state index in [-0.39, 0.29) is 6.61 Å². The molecule has 2 aromatic carbocycles. The van der Waals surface area contributed by atoms with Crippen molar-refractivity contribution in [2.75, 3.05) is 5.32 Å². The lowest BCUT2D eigenvalue weighted by atomic mass is 10.1. The summed E-state index contributed by atoms with van der Waals surface area (Å²) in [6.45, 7) is 0.675. The summed E-state index contributed by atoms with van der Waals surface area (Å²) in [5, 5.41) is 13.5. The molecule has 2 aromatic rings. The second-order valence-electron chi connectivity index (χ2n) is 3.91. The first-order valence-electron chi connectivity index (χ1n) is 5.57. The van der Waals surface area contributed by atoms with Gasteiger partial charge >= 0.3 is 0 Å². The van der Waals surface area contributed by atoms with Crippen molar-refractivity contribution in [3.8, 4) is 0 Å². The molecule has 2 nitrogen and oxygen atoms in total. The van der Waals surface area contributed by atoms with Crippen LogP contribution in [0, 0.1) is 0 Å². The van der Waals surface area contributed by atoms with E-state index in [9.17, 15) is 5.11 Å². The first kappa shape index (κ1) is 13.2. The quantitative estimate of drug-likeness (QED) is 0.885. The Morgan fingerprint density at radius 1 is 0.944 bits per heavy atom. The Bertz CT molecular complexity index is 543. The van der Waals surface area contributed by atoms with Gasteiger partial charge in [-0.05, 0) is 29.3 Å². The topological polar surface area (TPSA) is 32.3 Å². The van der Waals surface area contributed by atoms with Crippen LogP contribution in [0.3, 0.4) is 0 Å². The summed E-state index contributed by atoms with van der Waals surface area (Å²) in [4.78, 5) is 0. The average molecular weight is 282 g/mol. The zero-order chi connectivity index (χ0) is 13.0. The Morgan fingerprint density at radius 3 is 2.33 bits per heavy atom. The van der Waals surface area contributed by atoms with Gasteiger partial charge < -0.3 is 10.4 Å². The monoisotopic (exact) mass is 281 g/mol. The van der Waals surface area contributed by atoms with Crippen LogP contribution in [0.15, 0.2) is 42.5 Å². The highest BCUT2D eigenvalue weighted by molar-refractivity contribution is 6.42. The molecule has 0 aromatic heterocycles. The number of hydrogen-bond donors (Lipinski definition) is 2. The minimum atomic E-state index is 0.0409. The predicted molar refractivity (Wildman–Crippen MR) is 76.2 cm³/mol. The van der Waals surface area contributed by atoms with Gasteiger partial charge in [-0.15, -0.1) is 0 Å². The maximum absolute atomic E-state index is 9.23. The van der Waals surface area contributed by atoms with E-state index in [1.54, 1.807) is 12.1 Å². The number of rotatable bonds is 4. The van der Waals surface area contributed by atoms with E-state index in [4.69, 9.17) is 23.2 Å². The largest absolute Gasteiger partial charge is 0.392 e. The van der Waals surface area contributed by atoms with E-state index in [1.807, 2.05) is 30.3 Å². The molecule has 0 saturated carbocycles. The lowest BCUT2D eigenvalue weighted by Crippen LogP contribution is -2.02. The Morgan fingerprint density at radius 2 is 1.67 bits per heavy atom. The Balaban J connectivity index is 2.09. The predicted octanol–water partition coefficient (Wildman–Crippen LogP) is 4.10. The van der Waals surface area contributed by atoms with E-state index in [2.05, 4.69) is 5.32 Å². The van der Waals surface area contributed by atoms with E-state index in [0.29, 0.717) is 16.6 Å². The van der Waals surface area contributed by atoms with Crippen molar-refractivity contribution in [2.45, 2.75) is 13.2 Å². The van der Waals surface area contributed by atoms with Crippen molar-refractivity contribution >= 4 is 28.9 Å². The molecule has 0 bridgehead atoms. The molecule has 0 unspecified atom stereocenters. The smallest absolute Gasteiger partial charge is 0.0685 e. The van der Waals surface area contributed by atoms with Gasteiger partial charge in [-0.25, -0.2) is 0 Å². The minimum Gasteiger partial charge on any atom is -0.392 e. The zero-order valence-corrected chi connectivity index (χ0v) is 11.2. The van der Waals surface area contributed by atoms with Crippen LogP contribution in [-0.4, -0.2) is 5.11 Å². The number of benzene rings is 2. The molecule has 0 atom stereocenters. The fourth-order valence-corrected chi connectivity index (χ4v) is 1.99. The molecular formula is C14H13Cl2NO. The van der Waals surface area contributed by atoms with Crippen molar-refractivity contribution in [1.82, 2.24) is 0 Å². The van der Waals surface area contributed by atoms with Crippen LogP contribution < -0.4 is 5.32 Å². The summed E-state index contributed by atoms with van der Waals surface area (Å²) in [5.74, 6) is 0. The average Bonchev–Trinajstić information content (AvgIpc) is 2.40. The molecule has 4 heteroatoms. The van der Waals surface area contributed by atoms with Gasteiger partial charge in [0.1, 0.15) is 0 Å². The van der Waals surface area contributed by atoms with E-state index < -0.39 is 0 Å². The number of nitrogens with one attached hydrogen (secondary N) is 1. The maximum atomic E-state index is 9.23. The van der Waals surface area contributed by atoms with Crippen molar-refractivity contribution < 1.29 is 5.11 Å². The Hall–Kier alpha value is -1.22. The molecule has 94 valence electrons. The van der Waals surface area contributed by atoms with Crippen LogP contribution in [0.1, 0.15) is 11.1 Å². The lowest BCUT2D eigenvalue weighted by Gasteiger charge is -2.10. The molecule has 0 radical (unpaired) electrons. The molecule has 0 aliphatic carbocycles.